The van der Waals surface area contributed by atoms with Gasteiger partial charge in [0.05, 0.1) is 7.11 Å². The molecule has 0 bridgehead atoms. The van der Waals surface area contributed by atoms with Crippen LogP contribution >= 0.6 is 15.9 Å². The second-order valence-electron chi connectivity index (χ2n) is 5.49. The van der Waals surface area contributed by atoms with Gasteiger partial charge in [0.2, 0.25) is 0 Å². The van der Waals surface area contributed by atoms with Crippen LogP contribution in [0.15, 0.2) is 27.3 Å². The van der Waals surface area contributed by atoms with E-state index in [4.69, 9.17) is 9.15 Å². The molecule has 1 unspecified atom stereocenters. The van der Waals surface area contributed by atoms with Crippen molar-refractivity contribution < 1.29 is 14.3 Å². The summed E-state index contributed by atoms with van der Waals surface area (Å²) in [5, 5.41) is 12.6. The van der Waals surface area contributed by atoms with Crippen molar-refractivity contribution >= 4 is 26.7 Å². The van der Waals surface area contributed by atoms with E-state index in [1.807, 2.05) is 18.2 Å². The minimum atomic E-state index is -0.516. The van der Waals surface area contributed by atoms with Gasteiger partial charge in [0.25, 0.3) is 0 Å². The van der Waals surface area contributed by atoms with E-state index in [1.54, 1.807) is 7.11 Å². The Morgan fingerprint density at radius 1 is 1.25 bits per heavy atom. The summed E-state index contributed by atoms with van der Waals surface area (Å²) in [7, 11) is 1.65. The van der Waals surface area contributed by atoms with Crippen molar-refractivity contribution in [1.29, 1.82) is 0 Å². The molecule has 4 heteroatoms. The SMILES string of the molecule is COc1ccc2c(C(O)C3CCCCC3)oc(Br)c2c1. The van der Waals surface area contributed by atoms with Crippen LogP contribution in [0.4, 0.5) is 0 Å². The fourth-order valence-corrected chi connectivity index (χ4v) is 3.62. The van der Waals surface area contributed by atoms with Crippen molar-refractivity contribution in [3.05, 3.63) is 28.6 Å². The van der Waals surface area contributed by atoms with Crippen LogP contribution in [0.2, 0.25) is 0 Å². The molecule has 1 aliphatic carbocycles. The van der Waals surface area contributed by atoms with E-state index < -0.39 is 6.10 Å². The number of aliphatic hydroxyl groups excluding tert-OH is 1. The van der Waals surface area contributed by atoms with Crippen LogP contribution in [-0.4, -0.2) is 12.2 Å². The van der Waals surface area contributed by atoms with Crippen LogP contribution in [0, 0.1) is 5.92 Å². The predicted molar refractivity (Wildman–Crippen MR) is 82.0 cm³/mol. The third-order valence-electron chi connectivity index (χ3n) is 4.27. The van der Waals surface area contributed by atoms with Gasteiger partial charge in [-0.25, -0.2) is 0 Å². The van der Waals surface area contributed by atoms with Gasteiger partial charge in [-0.3, -0.25) is 0 Å². The van der Waals surface area contributed by atoms with E-state index in [0.29, 0.717) is 16.3 Å². The van der Waals surface area contributed by atoms with Crippen molar-refractivity contribution in [2.45, 2.75) is 38.2 Å². The number of rotatable bonds is 3. The zero-order valence-electron chi connectivity index (χ0n) is 11.6. The minimum absolute atomic E-state index is 0.312. The van der Waals surface area contributed by atoms with Gasteiger partial charge in [0, 0.05) is 10.8 Å². The largest absolute Gasteiger partial charge is 0.497 e. The minimum Gasteiger partial charge on any atom is -0.497 e. The van der Waals surface area contributed by atoms with Crippen molar-refractivity contribution in [3.8, 4) is 5.75 Å². The molecule has 1 aliphatic rings. The maximum atomic E-state index is 10.6. The van der Waals surface area contributed by atoms with Crippen molar-refractivity contribution in [2.24, 2.45) is 5.92 Å². The molecule has 1 N–H and O–H groups in total. The average molecular weight is 339 g/mol. The van der Waals surface area contributed by atoms with Crippen LogP contribution in [0.25, 0.3) is 10.8 Å². The van der Waals surface area contributed by atoms with E-state index in [-0.39, 0.29) is 0 Å². The molecule has 0 saturated heterocycles. The monoisotopic (exact) mass is 338 g/mol. The van der Waals surface area contributed by atoms with Gasteiger partial charge in [-0.15, -0.1) is 0 Å². The molecule has 0 aliphatic heterocycles. The number of hydrogen-bond acceptors (Lipinski definition) is 3. The molecule has 1 aromatic carbocycles. The van der Waals surface area contributed by atoms with Gasteiger partial charge in [-0.2, -0.15) is 0 Å². The molecule has 3 nitrogen and oxygen atoms in total. The zero-order chi connectivity index (χ0) is 14.1. The summed E-state index contributed by atoms with van der Waals surface area (Å²) in [6.07, 6.45) is 5.33. The Balaban J connectivity index is 1.98. The highest BCUT2D eigenvalue weighted by Crippen LogP contribution is 2.41. The first-order valence-corrected chi connectivity index (χ1v) is 7.94. The summed E-state index contributed by atoms with van der Waals surface area (Å²) in [4.78, 5) is 0. The molecule has 0 amide bonds. The normalized spacial score (nSPS) is 18.4. The van der Waals surface area contributed by atoms with Crippen LogP contribution in [0.3, 0.4) is 0 Å². The number of benzene rings is 1. The van der Waals surface area contributed by atoms with E-state index in [2.05, 4.69) is 15.9 Å². The Morgan fingerprint density at radius 3 is 2.70 bits per heavy atom. The number of aliphatic hydroxyl groups is 1. The predicted octanol–water partition coefficient (Wildman–Crippen LogP) is 4.82. The maximum absolute atomic E-state index is 10.6. The topological polar surface area (TPSA) is 42.6 Å². The second-order valence-corrected chi connectivity index (χ2v) is 6.21. The first-order valence-electron chi connectivity index (χ1n) is 7.14. The Kier molecular flexibility index (Phi) is 4.03. The van der Waals surface area contributed by atoms with Crippen LogP contribution < -0.4 is 4.74 Å². The molecule has 1 saturated carbocycles. The summed E-state index contributed by atoms with van der Waals surface area (Å²) in [5.41, 5.74) is 0. The lowest BCUT2D eigenvalue weighted by Gasteiger charge is -2.25. The van der Waals surface area contributed by atoms with Crippen LogP contribution in [-0.2, 0) is 0 Å². The molecule has 2 aromatic rings. The highest BCUT2D eigenvalue weighted by molar-refractivity contribution is 9.10. The van der Waals surface area contributed by atoms with Gasteiger partial charge in [-0.1, -0.05) is 19.3 Å². The van der Waals surface area contributed by atoms with E-state index in [1.165, 1.54) is 19.3 Å². The van der Waals surface area contributed by atoms with E-state index >= 15 is 0 Å². The smallest absolute Gasteiger partial charge is 0.177 e. The molecule has 1 heterocycles. The molecule has 3 rings (SSSR count). The summed E-state index contributed by atoms with van der Waals surface area (Å²) in [6, 6.07) is 5.80. The van der Waals surface area contributed by atoms with Crippen LogP contribution in [0.5, 0.6) is 5.75 Å². The third kappa shape index (κ3) is 2.47. The molecule has 108 valence electrons. The Bertz CT molecular complexity index is 599. The molecular formula is C16H19BrO3. The molecule has 1 atom stereocenters. The molecule has 20 heavy (non-hydrogen) atoms. The lowest BCUT2D eigenvalue weighted by molar-refractivity contribution is 0.0661. The lowest BCUT2D eigenvalue weighted by atomic mass is 9.84. The number of fused-ring (bicyclic) bond motifs is 1. The van der Waals surface area contributed by atoms with Gasteiger partial charge < -0.3 is 14.3 Å². The van der Waals surface area contributed by atoms with Gasteiger partial charge >= 0.3 is 0 Å². The fourth-order valence-electron chi connectivity index (χ4n) is 3.12. The average Bonchev–Trinajstić information content (AvgIpc) is 2.84. The quantitative estimate of drug-likeness (QED) is 0.872. The number of ether oxygens (including phenoxy) is 1. The lowest BCUT2D eigenvalue weighted by Crippen LogP contribution is -2.15. The van der Waals surface area contributed by atoms with Gasteiger partial charge in [0.1, 0.15) is 17.6 Å². The fraction of sp³-hybridized carbons (Fsp3) is 0.500. The van der Waals surface area contributed by atoms with Crippen molar-refractivity contribution in [2.75, 3.05) is 7.11 Å². The highest BCUT2D eigenvalue weighted by atomic mass is 79.9. The Hall–Kier alpha value is -1.00. The summed E-state index contributed by atoms with van der Waals surface area (Å²) in [6.45, 7) is 0. The molecule has 1 aromatic heterocycles. The Labute approximate surface area is 127 Å². The first kappa shape index (κ1) is 14.0. The van der Waals surface area contributed by atoms with Crippen LogP contribution in [0.1, 0.15) is 44.0 Å². The number of methoxy groups -OCH3 is 1. The molecule has 0 spiro atoms. The Morgan fingerprint density at radius 2 is 2.00 bits per heavy atom. The van der Waals surface area contributed by atoms with Gasteiger partial charge in [-0.05, 0) is 52.9 Å². The number of furan rings is 1. The standard InChI is InChI=1S/C16H19BrO3/c1-19-11-7-8-12-13(9-11)16(17)20-15(12)14(18)10-5-3-2-4-6-10/h7-10,14,18H,2-6H2,1H3. The second kappa shape index (κ2) is 5.78. The molecule has 0 radical (unpaired) electrons. The van der Waals surface area contributed by atoms with E-state index in [9.17, 15) is 5.11 Å². The van der Waals surface area contributed by atoms with Crippen molar-refractivity contribution in [1.82, 2.24) is 0 Å². The molecular weight excluding hydrogens is 320 g/mol. The zero-order valence-corrected chi connectivity index (χ0v) is 13.1. The third-order valence-corrected chi connectivity index (χ3v) is 4.86. The summed E-state index contributed by atoms with van der Waals surface area (Å²) in [5.74, 6) is 1.78. The van der Waals surface area contributed by atoms with Crippen molar-refractivity contribution in [3.63, 3.8) is 0 Å². The number of hydrogen-bond donors (Lipinski definition) is 1. The first-order chi connectivity index (χ1) is 9.70. The van der Waals surface area contributed by atoms with E-state index in [0.717, 1.165) is 29.4 Å². The summed E-state index contributed by atoms with van der Waals surface area (Å²) < 4.78 is 11.7. The highest BCUT2D eigenvalue weighted by Gasteiger charge is 2.28. The maximum Gasteiger partial charge on any atom is 0.177 e. The molecule has 1 fully saturated rings. The summed E-state index contributed by atoms with van der Waals surface area (Å²) >= 11 is 3.44. The number of halogens is 1. The van der Waals surface area contributed by atoms with Gasteiger partial charge in [0.15, 0.2) is 4.67 Å².